The number of anilines is 1. The number of hydrogen-bond donors (Lipinski definition) is 1. The standard InChI is InChI=1S/C29H31N5O5S/c1-4-39-27(35)20-33-26-15-14-23(34(17-16-32(2)3)40(37,38)24-8-6-5-7-9-24)18-25(26)31-29(33)28(36)22-12-10-21(19-30)11-13-22/h5-15,18,28,36H,4,16-17,20H2,1-3H3. The minimum absolute atomic E-state index is 0.165. The Morgan fingerprint density at radius 2 is 1.77 bits per heavy atom. The number of aliphatic hydroxyl groups excluding tert-OH is 1. The Morgan fingerprint density at radius 3 is 2.40 bits per heavy atom. The molecule has 0 saturated heterocycles. The number of fused-ring (bicyclic) bond motifs is 1. The number of hydrogen-bond acceptors (Lipinski definition) is 8. The molecular formula is C29H31N5O5S. The average Bonchev–Trinajstić information content (AvgIpc) is 3.30. The Labute approximate surface area is 233 Å². The predicted octanol–water partition coefficient (Wildman–Crippen LogP) is 3.31. The van der Waals surface area contributed by atoms with E-state index in [0.717, 1.165) is 0 Å². The summed E-state index contributed by atoms with van der Waals surface area (Å²) < 4.78 is 35.4. The van der Waals surface area contributed by atoms with Crippen LogP contribution in [0, 0.1) is 11.3 Å². The summed E-state index contributed by atoms with van der Waals surface area (Å²) in [5.74, 6) is -0.311. The quantitative estimate of drug-likeness (QED) is 0.276. The molecule has 208 valence electrons. The number of nitriles is 1. The molecule has 1 heterocycles. The van der Waals surface area contributed by atoms with Gasteiger partial charge in [-0.2, -0.15) is 5.26 Å². The van der Waals surface area contributed by atoms with E-state index in [1.165, 1.54) is 4.31 Å². The molecule has 1 N–H and O–H groups in total. The third kappa shape index (κ3) is 6.15. The molecule has 0 radical (unpaired) electrons. The third-order valence-electron chi connectivity index (χ3n) is 6.32. The largest absolute Gasteiger partial charge is 0.465 e. The summed E-state index contributed by atoms with van der Waals surface area (Å²) in [5, 5.41) is 20.4. The summed E-state index contributed by atoms with van der Waals surface area (Å²) >= 11 is 0. The Bertz CT molecular complexity index is 1630. The number of carbonyl (C=O) groups is 1. The molecule has 3 aromatic carbocycles. The molecule has 0 aliphatic carbocycles. The molecule has 0 aliphatic heterocycles. The van der Waals surface area contributed by atoms with Gasteiger partial charge in [0, 0.05) is 13.1 Å². The molecule has 40 heavy (non-hydrogen) atoms. The zero-order valence-electron chi connectivity index (χ0n) is 22.6. The Kier molecular flexibility index (Phi) is 8.84. The molecule has 0 saturated carbocycles. The van der Waals surface area contributed by atoms with Gasteiger partial charge in [-0.15, -0.1) is 0 Å². The molecule has 10 nitrogen and oxygen atoms in total. The van der Waals surface area contributed by atoms with E-state index in [9.17, 15) is 18.3 Å². The third-order valence-corrected chi connectivity index (χ3v) is 8.17. The van der Waals surface area contributed by atoms with E-state index in [-0.39, 0.29) is 30.4 Å². The van der Waals surface area contributed by atoms with Gasteiger partial charge in [-0.25, -0.2) is 13.4 Å². The summed E-state index contributed by atoms with van der Waals surface area (Å²) in [6.07, 6.45) is -1.21. The SMILES string of the molecule is CCOC(=O)Cn1c(C(O)c2ccc(C#N)cc2)nc2cc(N(CCN(C)C)S(=O)(=O)c3ccccc3)ccc21. The van der Waals surface area contributed by atoms with Crippen LogP contribution in [0.3, 0.4) is 0 Å². The molecular weight excluding hydrogens is 530 g/mol. The predicted molar refractivity (Wildman–Crippen MR) is 151 cm³/mol. The highest BCUT2D eigenvalue weighted by atomic mass is 32.2. The molecule has 1 aromatic heterocycles. The first-order chi connectivity index (χ1) is 19.1. The zero-order chi connectivity index (χ0) is 28.9. The van der Waals surface area contributed by atoms with Crippen molar-refractivity contribution in [2.45, 2.75) is 24.5 Å². The number of carbonyl (C=O) groups excluding carboxylic acids is 1. The van der Waals surface area contributed by atoms with Crippen LogP contribution in [-0.4, -0.2) is 67.7 Å². The van der Waals surface area contributed by atoms with Gasteiger partial charge in [-0.1, -0.05) is 30.3 Å². The maximum absolute atomic E-state index is 13.7. The van der Waals surface area contributed by atoms with Crippen LogP contribution in [0.2, 0.25) is 0 Å². The van der Waals surface area contributed by atoms with Crippen molar-refractivity contribution in [1.82, 2.24) is 14.5 Å². The van der Waals surface area contributed by atoms with E-state index in [0.29, 0.717) is 34.4 Å². The highest BCUT2D eigenvalue weighted by molar-refractivity contribution is 7.92. The van der Waals surface area contributed by atoms with E-state index in [1.807, 2.05) is 25.1 Å². The summed E-state index contributed by atoms with van der Waals surface area (Å²) in [6, 6.07) is 21.7. The van der Waals surface area contributed by atoms with Crippen LogP contribution in [-0.2, 0) is 26.1 Å². The zero-order valence-corrected chi connectivity index (χ0v) is 23.4. The molecule has 11 heteroatoms. The van der Waals surface area contributed by atoms with Gasteiger partial charge < -0.3 is 19.3 Å². The van der Waals surface area contributed by atoms with Gasteiger partial charge >= 0.3 is 5.97 Å². The van der Waals surface area contributed by atoms with Crippen molar-refractivity contribution in [3.63, 3.8) is 0 Å². The fourth-order valence-electron chi connectivity index (χ4n) is 4.29. The minimum atomic E-state index is -3.89. The van der Waals surface area contributed by atoms with Crippen molar-refractivity contribution >= 4 is 32.7 Å². The molecule has 4 rings (SSSR count). The van der Waals surface area contributed by atoms with E-state index in [4.69, 9.17) is 10.00 Å². The van der Waals surface area contributed by atoms with Crippen molar-refractivity contribution in [2.24, 2.45) is 0 Å². The van der Waals surface area contributed by atoms with Crippen LogP contribution in [0.25, 0.3) is 11.0 Å². The smallest absolute Gasteiger partial charge is 0.326 e. The number of ether oxygens (including phenoxy) is 1. The van der Waals surface area contributed by atoms with E-state index >= 15 is 0 Å². The normalized spacial score (nSPS) is 12.3. The number of sulfonamides is 1. The molecule has 1 unspecified atom stereocenters. The lowest BCUT2D eigenvalue weighted by Crippen LogP contribution is -2.36. The highest BCUT2D eigenvalue weighted by Crippen LogP contribution is 2.31. The first kappa shape index (κ1) is 28.8. The fraction of sp³-hybridized carbons (Fsp3) is 0.276. The summed E-state index contributed by atoms with van der Waals surface area (Å²) in [7, 11) is -0.161. The molecule has 1 atom stereocenters. The molecule has 0 fully saturated rings. The molecule has 0 amide bonds. The molecule has 4 aromatic rings. The van der Waals surface area contributed by atoms with E-state index < -0.39 is 22.1 Å². The first-order valence-electron chi connectivity index (χ1n) is 12.7. The Hall–Kier alpha value is -4.24. The van der Waals surface area contributed by atoms with Crippen molar-refractivity contribution in [3.05, 3.63) is 89.7 Å². The van der Waals surface area contributed by atoms with Gasteiger partial charge in [-0.3, -0.25) is 9.10 Å². The number of likely N-dealkylation sites (N-methyl/N-ethyl adjacent to an activating group) is 1. The van der Waals surface area contributed by atoms with Crippen LogP contribution < -0.4 is 4.31 Å². The second-order valence-electron chi connectivity index (χ2n) is 9.36. The summed E-state index contributed by atoms with van der Waals surface area (Å²) in [5.41, 5.74) is 2.27. The van der Waals surface area contributed by atoms with Crippen molar-refractivity contribution < 1.29 is 23.1 Å². The van der Waals surface area contributed by atoms with Gasteiger partial charge in [0.1, 0.15) is 18.5 Å². The van der Waals surface area contributed by atoms with Crippen LogP contribution in [0.1, 0.15) is 30.0 Å². The number of benzene rings is 3. The van der Waals surface area contributed by atoms with Gasteiger partial charge in [-0.05, 0) is 69.0 Å². The van der Waals surface area contributed by atoms with Crippen LogP contribution in [0.4, 0.5) is 5.69 Å². The second-order valence-corrected chi connectivity index (χ2v) is 11.2. The van der Waals surface area contributed by atoms with Crippen LogP contribution >= 0.6 is 0 Å². The Balaban J connectivity index is 1.83. The summed E-state index contributed by atoms with van der Waals surface area (Å²) in [6.45, 7) is 2.38. The van der Waals surface area contributed by atoms with Crippen molar-refractivity contribution in [3.8, 4) is 6.07 Å². The van der Waals surface area contributed by atoms with Gasteiger partial charge in [0.2, 0.25) is 0 Å². The highest BCUT2D eigenvalue weighted by Gasteiger charge is 2.27. The minimum Gasteiger partial charge on any atom is -0.465 e. The first-order valence-corrected chi connectivity index (χ1v) is 14.2. The van der Waals surface area contributed by atoms with E-state index in [1.54, 1.807) is 84.3 Å². The maximum Gasteiger partial charge on any atom is 0.326 e. The van der Waals surface area contributed by atoms with Gasteiger partial charge in [0.15, 0.2) is 0 Å². The van der Waals surface area contributed by atoms with Gasteiger partial charge in [0.05, 0.1) is 39.9 Å². The molecule has 0 spiro atoms. The lowest BCUT2D eigenvalue weighted by molar-refractivity contribution is -0.143. The second kappa shape index (κ2) is 12.3. The molecule has 0 aliphatic rings. The molecule has 0 bridgehead atoms. The number of esters is 1. The lowest BCUT2D eigenvalue weighted by atomic mass is 10.1. The average molecular weight is 562 g/mol. The van der Waals surface area contributed by atoms with E-state index in [2.05, 4.69) is 4.98 Å². The van der Waals surface area contributed by atoms with Crippen molar-refractivity contribution in [2.75, 3.05) is 38.1 Å². The number of imidazole rings is 1. The Morgan fingerprint density at radius 1 is 1.07 bits per heavy atom. The monoisotopic (exact) mass is 561 g/mol. The van der Waals surface area contributed by atoms with Crippen LogP contribution in [0.5, 0.6) is 0 Å². The number of nitrogens with zero attached hydrogens (tertiary/aromatic N) is 5. The fourth-order valence-corrected chi connectivity index (χ4v) is 5.76. The van der Waals surface area contributed by atoms with Gasteiger partial charge in [0.25, 0.3) is 10.0 Å². The number of aromatic nitrogens is 2. The van der Waals surface area contributed by atoms with Crippen molar-refractivity contribution in [1.29, 1.82) is 5.26 Å². The number of rotatable bonds is 11. The summed E-state index contributed by atoms with van der Waals surface area (Å²) in [4.78, 5) is 19.2. The maximum atomic E-state index is 13.7. The van der Waals surface area contributed by atoms with Crippen LogP contribution in [0.15, 0.2) is 77.7 Å². The lowest BCUT2D eigenvalue weighted by Gasteiger charge is -2.26. The number of aliphatic hydroxyl groups is 1. The topological polar surface area (TPSA) is 129 Å².